The zero-order valence-electron chi connectivity index (χ0n) is 17.9. The van der Waals surface area contributed by atoms with Crippen molar-refractivity contribution in [2.24, 2.45) is 0 Å². The summed E-state index contributed by atoms with van der Waals surface area (Å²) in [5.74, 6) is -0.0381. The summed E-state index contributed by atoms with van der Waals surface area (Å²) in [7, 11) is 1.51. The fourth-order valence-electron chi connectivity index (χ4n) is 2.99. The van der Waals surface area contributed by atoms with Gasteiger partial charge in [0.25, 0.3) is 11.8 Å². The molecule has 2 aromatic heterocycles. The van der Waals surface area contributed by atoms with Crippen LogP contribution in [0.15, 0.2) is 72.2 Å². The number of pyridine rings is 1. The van der Waals surface area contributed by atoms with Crippen LogP contribution in [0, 0.1) is 0 Å². The van der Waals surface area contributed by atoms with Gasteiger partial charge in [-0.3, -0.25) is 19.9 Å². The predicted octanol–water partition coefficient (Wildman–Crippen LogP) is 5.14. The molecule has 8 nitrogen and oxygen atoms in total. The average Bonchev–Trinajstić information content (AvgIpc) is 3.32. The number of carbonyl (C=O) groups excluding carboxylic acids is 2. The van der Waals surface area contributed by atoms with Crippen LogP contribution in [0.25, 0.3) is 11.4 Å². The average molecular weight is 495 g/mol. The summed E-state index contributed by atoms with van der Waals surface area (Å²) < 4.78 is 10.7. The lowest BCUT2D eigenvalue weighted by atomic mass is 10.2. The summed E-state index contributed by atoms with van der Waals surface area (Å²) in [5, 5.41) is 8.07. The van der Waals surface area contributed by atoms with E-state index in [1.807, 2.05) is 23.6 Å². The highest BCUT2D eigenvalue weighted by atomic mass is 35.5. The van der Waals surface area contributed by atoms with Gasteiger partial charge in [0.1, 0.15) is 17.2 Å². The second kappa shape index (κ2) is 10.8. The molecule has 0 spiro atoms. The second-order valence-corrected chi connectivity index (χ2v) is 8.15. The van der Waals surface area contributed by atoms with Gasteiger partial charge in [0.2, 0.25) is 0 Å². The molecule has 0 saturated heterocycles. The van der Waals surface area contributed by atoms with Crippen LogP contribution < -0.4 is 20.1 Å². The van der Waals surface area contributed by atoms with E-state index in [0.717, 1.165) is 0 Å². The topological polar surface area (TPSA) is 102 Å². The van der Waals surface area contributed by atoms with Gasteiger partial charge in [-0.25, -0.2) is 4.98 Å². The van der Waals surface area contributed by atoms with E-state index in [9.17, 15) is 9.59 Å². The number of nitrogens with one attached hydrogen (secondary N) is 2. The zero-order valence-corrected chi connectivity index (χ0v) is 19.5. The molecule has 2 amide bonds. The van der Waals surface area contributed by atoms with E-state index in [1.165, 1.54) is 18.4 Å². The molecular weight excluding hydrogens is 476 g/mol. The first-order valence-electron chi connectivity index (χ1n) is 10.1. The first-order chi connectivity index (χ1) is 16.5. The molecule has 0 fully saturated rings. The molecule has 0 aliphatic heterocycles. The molecule has 172 valence electrons. The van der Waals surface area contributed by atoms with Gasteiger partial charge >= 0.3 is 0 Å². The minimum Gasteiger partial charge on any atom is -0.495 e. The Morgan fingerprint density at radius 1 is 1.00 bits per heavy atom. The molecule has 34 heavy (non-hydrogen) atoms. The van der Waals surface area contributed by atoms with E-state index >= 15 is 0 Å². The molecule has 0 aliphatic carbocycles. The highest BCUT2D eigenvalue weighted by molar-refractivity contribution is 7.14. The van der Waals surface area contributed by atoms with Gasteiger partial charge in [0.15, 0.2) is 11.7 Å². The highest BCUT2D eigenvalue weighted by Gasteiger charge is 2.16. The number of carbonyl (C=O) groups is 2. The Morgan fingerprint density at radius 2 is 1.82 bits per heavy atom. The van der Waals surface area contributed by atoms with Crippen LogP contribution >= 0.6 is 22.9 Å². The van der Waals surface area contributed by atoms with Crippen molar-refractivity contribution in [1.29, 1.82) is 0 Å². The SMILES string of the molecule is COc1ccc(NC(=O)COc2ccccc2C(=O)Nc2nc(-c3ccccn3)cs2)cc1Cl. The third kappa shape index (κ3) is 5.69. The lowest BCUT2D eigenvalue weighted by Crippen LogP contribution is -2.21. The van der Waals surface area contributed by atoms with Crippen molar-refractivity contribution in [2.45, 2.75) is 0 Å². The van der Waals surface area contributed by atoms with Crippen molar-refractivity contribution in [1.82, 2.24) is 9.97 Å². The minimum atomic E-state index is -0.406. The summed E-state index contributed by atoms with van der Waals surface area (Å²) in [6, 6.07) is 17.1. The van der Waals surface area contributed by atoms with Gasteiger partial charge in [-0.2, -0.15) is 0 Å². The molecule has 4 aromatic rings. The third-order valence-corrected chi connectivity index (χ3v) is 5.63. The number of para-hydroxylation sites is 1. The van der Waals surface area contributed by atoms with Gasteiger partial charge in [-0.15, -0.1) is 11.3 Å². The molecule has 2 heterocycles. The number of nitrogens with zero attached hydrogens (tertiary/aromatic N) is 2. The molecule has 2 N–H and O–H groups in total. The van der Waals surface area contributed by atoms with Gasteiger partial charge in [0.05, 0.1) is 23.4 Å². The number of halogens is 1. The molecule has 0 saturated carbocycles. The molecule has 10 heteroatoms. The largest absolute Gasteiger partial charge is 0.495 e. The third-order valence-electron chi connectivity index (χ3n) is 4.58. The van der Waals surface area contributed by atoms with E-state index in [1.54, 1.807) is 48.7 Å². The maximum Gasteiger partial charge on any atom is 0.262 e. The number of amides is 2. The van der Waals surface area contributed by atoms with Crippen LogP contribution in [0.4, 0.5) is 10.8 Å². The van der Waals surface area contributed by atoms with Crippen LogP contribution in [-0.2, 0) is 4.79 Å². The smallest absolute Gasteiger partial charge is 0.262 e. The molecule has 4 rings (SSSR count). The lowest BCUT2D eigenvalue weighted by molar-refractivity contribution is -0.118. The number of hydrogen-bond donors (Lipinski definition) is 2. The Kier molecular flexibility index (Phi) is 7.36. The number of benzene rings is 2. The summed E-state index contributed by atoms with van der Waals surface area (Å²) in [4.78, 5) is 33.9. The van der Waals surface area contributed by atoms with E-state index in [0.29, 0.717) is 33.0 Å². The fraction of sp³-hybridized carbons (Fsp3) is 0.0833. The number of rotatable bonds is 8. The quantitative estimate of drug-likeness (QED) is 0.352. The van der Waals surface area contributed by atoms with Crippen molar-refractivity contribution in [3.8, 4) is 22.9 Å². The summed E-state index contributed by atoms with van der Waals surface area (Å²) in [5.41, 5.74) is 2.16. The van der Waals surface area contributed by atoms with Crippen molar-refractivity contribution in [3.05, 3.63) is 82.8 Å². The fourth-order valence-corrected chi connectivity index (χ4v) is 3.95. The number of anilines is 2. The molecule has 0 aliphatic rings. The van der Waals surface area contributed by atoms with E-state index in [4.69, 9.17) is 21.1 Å². The number of aromatic nitrogens is 2. The van der Waals surface area contributed by atoms with Crippen LogP contribution in [0.3, 0.4) is 0 Å². The summed E-state index contributed by atoms with van der Waals surface area (Å²) in [6.07, 6.45) is 1.68. The van der Waals surface area contributed by atoms with Crippen molar-refractivity contribution in [2.75, 3.05) is 24.4 Å². The minimum absolute atomic E-state index is 0.268. The lowest BCUT2D eigenvalue weighted by Gasteiger charge is -2.12. The van der Waals surface area contributed by atoms with Crippen LogP contribution in [-0.4, -0.2) is 35.5 Å². The molecule has 0 bridgehead atoms. The Morgan fingerprint density at radius 3 is 2.59 bits per heavy atom. The van der Waals surface area contributed by atoms with Crippen LogP contribution in [0.5, 0.6) is 11.5 Å². The Hall–Kier alpha value is -3.95. The summed E-state index contributed by atoms with van der Waals surface area (Å²) >= 11 is 7.37. The van der Waals surface area contributed by atoms with Gasteiger partial charge < -0.3 is 14.8 Å². The van der Waals surface area contributed by atoms with Crippen molar-refractivity contribution in [3.63, 3.8) is 0 Å². The van der Waals surface area contributed by atoms with E-state index < -0.39 is 11.8 Å². The van der Waals surface area contributed by atoms with E-state index in [2.05, 4.69) is 20.6 Å². The monoisotopic (exact) mass is 494 g/mol. The molecule has 0 atom stereocenters. The number of thiazole rings is 1. The number of ether oxygens (including phenoxy) is 2. The standard InChI is InChI=1S/C24H19ClN4O4S/c1-32-21-10-9-15(12-17(21)25)27-22(30)13-33-20-8-3-2-6-16(20)23(31)29-24-28-19(14-34-24)18-7-4-5-11-26-18/h2-12,14H,13H2,1H3,(H,27,30)(H,28,29,31). The van der Waals surface area contributed by atoms with Crippen molar-refractivity contribution >= 4 is 45.6 Å². The highest BCUT2D eigenvalue weighted by Crippen LogP contribution is 2.28. The molecule has 2 aromatic carbocycles. The van der Waals surface area contributed by atoms with E-state index in [-0.39, 0.29) is 17.9 Å². The van der Waals surface area contributed by atoms with Gasteiger partial charge in [-0.05, 0) is 42.5 Å². The normalized spacial score (nSPS) is 10.4. The van der Waals surface area contributed by atoms with Crippen LogP contribution in [0.2, 0.25) is 5.02 Å². The molecule has 0 unspecified atom stereocenters. The van der Waals surface area contributed by atoms with Gasteiger partial charge in [0, 0.05) is 17.3 Å². The maximum absolute atomic E-state index is 12.8. The maximum atomic E-state index is 12.8. The van der Waals surface area contributed by atoms with Gasteiger partial charge in [-0.1, -0.05) is 29.8 Å². The van der Waals surface area contributed by atoms with Crippen LogP contribution in [0.1, 0.15) is 10.4 Å². The number of hydrogen-bond acceptors (Lipinski definition) is 7. The number of methoxy groups -OCH3 is 1. The predicted molar refractivity (Wildman–Crippen MR) is 132 cm³/mol. The second-order valence-electron chi connectivity index (χ2n) is 6.89. The first kappa shape index (κ1) is 23.2. The van der Waals surface area contributed by atoms with Crippen molar-refractivity contribution < 1.29 is 19.1 Å². The first-order valence-corrected chi connectivity index (χ1v) is 11.3. The molecular formula is C24H19ClN4O4S. The Bertz CT molecular complexity index is 1310. The Labute approximate surface area is 204 Å². The molecule has 0 radical (unpaired) electrons. The summed E-state index contributed by atoms with van der Waals surface area (Å²) in [6.45, 7) is -0.297. The zero-order chi connectivity index (χ0) is 23.9. The Balaban J connectivity index is 1.38.